The molecule has 0 saturated carbocycles. The predicted molar refractivity (Wildman–Crippen MR) is 83.4 cm³/mol. The van der Waals surface area contributed by atoms with E-state index in [9.17, 15) is 9.59 Å². The molecule has 0 aliphatic heterocycles. The average molecular weight is 301 g/mol. The van der Waals surface area contributed by atoms with Gasteiger partial charge in [0, 0.05) is 30.0 Å². The molecule has 1 atom stereocenters. The molecule has 0 aromatic heterocycles. The first-order valence-electron chi connectivity index (χ1n) is 6.83. The van der Waals surface area contributed by atoms with Crippen LogP contribution in [0.3, 0.4) is 0 Å². The second kappa shape index (κ2) is 8.47. The minimum atomic E-state index is -0.943. The Kier molecular flexibility index (Phi) is 6.64. The standard InChI is InChI=1S/C16H19N3O3/c1-11(10-15(21)22)19-14(20)5-3-2-4-12-6-8-13(9-7-12)16(17)18/h6-9,11H,3,5,10H2,1H3,(H3,17,18)(H,19,20)(H,21,22). The molecule has 0 bridgehead atoms. The Labute approximate surface area is 129 Å². The van der Waals surface area contributed by atoms with Gasteiger partial charge in [0.1, 0.15) is 5.84 Å². The molecule has 0 saturated heterocycles. The van der Waals surface area contributed by atoms with Crippen molar-refractivity contribution in [3.05, 3.63) is 35.4 Å². The van der Waals surface area contributed by atoms with Crippen molar-refractivity contribution in [2.45, 2.75) is 32.2 Å². The third-order valence-electron chi connectivity index (χ3n) is 2.79. The van der Waals surface area contributed by atoms with Crippen molar-refractivity contribution in [3.8, 4) is 11.8 Å². The highest BCUT2D eigenvalue weighted by molar-refractivity contribution is 5.94. The van der Waals surface area contributed by atoms with Crippen LogP contribution in [0.1, 0.15) is 37.3 Å². The molecule has 0 radical (unpaired) electrons. The van der Waals surface area contributed by atoms with Crippen molar-refractivity contribution in [1.82, 2.24) is 5.32 Å². The fourth-order valence-electron chi connectivity index (χ4n) is 1.73. The number of benzene rings is 1. The Balaban J connectivity index is 2.39. The van der Waals surface area contributed by atoms with Crippen LogP contribution >= 0.6 is 0 Å². The summed E-state index contributed by atoms with van der Waals surface area (Å²) < 4.78 is 0. The van der Waals surface area contributed by atoms with Gasteiger partial charge in [-0.05, 0) is 19.1 Å². The molecular formula is C16H19N3O3. The summed E-state index contributed by atoms with van der Waals surface area (Å²) in [6.07, 6.45) is 0.516. The molecule has 5 N–H and O–H groups in total. The number of carbonyl (C=O) groups excluding carboxylic acids is 1. The lowest BCUT2D eigenvalue weighted by molar-refractivity contribution is -0.137. The number of amides is 1. The number of nitrogens with two attached hydrogens (primary N) is 1. The number of amidine groups is 1. The molecule has 22 heavy (non-hydrogen) atoms. The van der Waals surface area contributed by atoms with Crippen molar-refractivity contribution in [2.24, 2.45) is 5.73 Å². The Morgan fingerprint density at radius 2 is 2.00 bits per heavy atom. The van der Waals surface area contributed by atoms with Gasteiger partial charge in [-0.15, -0.1) is 0 Å². The first kappa shape index (κ1) is 17.2. The fourth-order valence-corrected chi connectivity index (χ4v) is 1.73. The van der Waals surface area contributed by atoms with Gasteiger partial charge in [-0.1, -0.05) is 24.0 Å². The Morgan fingerprint density at radius 1 is 1.36 bits per heavy atom. The minimum Gasteiger partial charge on any atom is -0.481 e. The van der Waals surface area contributed by atoms with Crippen LogP contribution in [0.25, 0.3) is 0 Å². The monoisotopic (exact) mass is 301 g/mol. The van der Waals surface area contributed by atoms with E-state index in [0.29, 0.717) is 12.0 Å². The predicted octanol–water partition coefficient (Wildman–Crippen LogP) is 1.08. The van der Waals surface area contributed by atoms with Crippen LogP contribution in [0.5, 0.6) is 0 Å². The maximum Gasteiger partial charge on any atom is 0.305 e. The van der Waals surface area contributed by atoms with E-state index in [0.717, 1.165) is 5.56 Å². The number of carboxylic acids is 1. The van der Waals surface area contributed by atoms with Crippen molar-refractivity contribution in [1.29, 1.82) is 5.41 Å². The first-order chi connectivity index (χ1) is 10.4. The summed E-state index contributed by atoms with van der Waals surface area (Å²) in [5.74, 6) is 4.65. The Bertz CT molecular complexity index is 612. The van der Waals surface area contributed by atoms with Crippen LogP contribution in [0.4, 0.5) is 0 Å². The van der Waals surface area contributed by atoms with Crippen molar-refractivity contribution >= 4 is 17.7 Å². The molecule has 1 aromatic rings. The summed E-state index contributed by atoms with van der Waals surface area (Å²) >= 11 is 0. The molecule has 0 fully saturated rings. The van der Waals surface area contributed by atoms with E-state index in [2.05, 4.69) is 17.2 Å². The number of rotatable bonds is 6. The van der Waals surface area contributed by atoms with E-state index in [4.69, 9.17) is 16.2 Å². The van der Waals surface area contributed by atoms with Crippen molar-refractivity contribution in [2.75, 3.05) is 0 Å². The number of aliphatic carboxylic acids is 1. The fraction of sp³-hybridized carbons (Fsp3) is 0.312. The van der Waals surface area contributed by atoms with E-state index in [1.165, 1.54) is 0 Å². The van der Waals surface area contributed by atoms with Gasteiger partial charge in [-0.2, -0.15) is 0 Å². The summed E-state index contributed by atoms with van der Waals surface area (Å²) in [5, 5.41) is 18.5. The van der Waals surface area contributed by atoms with E-state index < -0.39 is 12.0 Å². The van der Waals surface area contributed by atoms with Gasteiger partial charge < -0.3 is 16.2 Å². The van der Waals surface area contributed by atoms with Crippen LogP contribution < -0.4 is 11.1 Å². The Hall–Kier alpha value is -2.81. The van der Waals surface area contributed by atoms with Gasteiger partial charge in [0.05, 0.1) is 6.42 Å². The quantitative estimate of drug-likeness (QED) is 0.357. The molecule has 0 aliphatic rings. The number of nitrogens with one attached hydrogen (secondary N) is 2. The van der Waals surface area contributed by atoms with Gasteiger partial charge in [0.25, 0.3) is 0 Å². The number of hydrogen-bond donors (Lipinski definition) is 4. The van der Waals surface area contributed by atoms with Crippen LogP contribution in [0, 0.1) is 17.3 Å². The largest absolute Gasteiger partial charge is 0.481 e. The van der Waals surface area contributed by atoms with Gasteiger partial charge in [0.2, 0.25) is 5.91 Å². The van der Waals surface area contributed by atoms with Crippen molar-refractivity contribution in [3.63, 3.8) is 0 Å². The normalized spacial score (nSPS) is 11.0. The van der Waals surface area contributed by atoms with Crippen LogP contribution in [0.15, 0.2) is 24.3 Å². The number of nitrogen functional groups attached to an aromatic ring is 1. The first-order valence-corrected chi connectivity index (χ1v) is 6.83. The maximum atomic E-state index is 11.6. The topological polar surface area (TPSA) is 116 Å². The van der Waals surface area contributed by atoms with E-state index >= 15 is 0 Å². The van der Waals surface area contributed by atoms with Crippen LogP contribution in [0.2, 0.25) is 0 Å². The van der Waals surface area contributed by atoms with E-state index in [1.54, 1.807) is 31.2 Å². The van der Waals surface area contributed by atoms with Gasteiger partial charge >= 0.3 is 5.97 Å². The molecule has 0 spiro atoms. The van der Waals surface area contributed by atoms with Gasteiger partial charge in [-0.25, -0.2) is 0 Å². The SMILES string of the molecule is CC(CC(=O)O)NC(=O)CCC#Cc1ccc(C(=N)N)cc1. The highest BCUT2D eigenvalue weighted by atomic mass is 16.4. The summed E-state index contributed by atoms with van der Waals surface area (Å²) in [6.45, 7) is 1.65. The maximum absolute atomic E-state index is 11.6. The molecule has 0 heterocycles. The third kappa shape index (κ3) is 6.57. The molecule has 1 rings (SSSR count). The van der Waals surface area contributed by atoms with E-state index in [1.807, 2.05) is 0 Å². The zero-order valence-corrected chi connectivity index (χ0v) is 12.3. The molecule has 6 heteroatoms. The summed E-state index contributed by atoms with van der Waals surface area (Å²) in [6, 6.07) is 6.56. The molecule has 116 valence electrons. The molecular weight excluding hydrogens is 282 g/mol. The highest BCUT2D eigenvalue weighted by Crippen LogP contribution is 2.02. The van der Waals surface area contributed by atoms with Crippen LogP contribution in [-0.4, -0.2) is 28.9 Å². The van der Waals surface area contributed by atoms with Crippen LogP contribution in [-0.2, 0) is 9.59 Å². The smallest absolute Gasteiger partial charge is 0.305 e. The third-order valence-corrected chi connectivity index (χ3v) is 2.79. The molecule has 1 amide bonds. The lowest BCUT2D eigenvalue weighted by Crippen LogP contribution is -2.33. The molecule has 0 aliphatic carbocycles. The van der Waals surface area contributed by atoms with E-state index in [-0.39, 0.29) is 24.6 Å². The second-order valence-corrected chi connectivity index (χ2v) is 4.86. The van der Waals surface area contributed by atoms with Gasteiger partial charge in [-0.3, -0.25) is 15.0 Å². The lowest BCUT2D eigenvalue weighted by atomic mass is 10.1. The highest BCUT2D eigenvalue weighted by Gasteiger charge is 2.09. The molecule has 6 nitrogen and oxygen atoms in total. The minimum absolute atomic E-state index is 0.00617. The molecule has 1 unspecified atom stereocenters. The lowest BCUT2D eigenvalue weighted by Gasteiger charge is -2.10. The van der Waals surface area contributed by atoms with Gasteiger partial charge in [0.15, 0.2) is 0 Å². The number of hydrogen-bond acceptors (Lipinski definition) is 3. The summed E-state index contributed by atoms with van der Waals surface area (Å²) in [4.78, 5) is 22.0. The number of carbonyl (C=O) groups is 2. The second-order valence-electron chi connectivity index (χ2n) is 4.86. The summed E-state index contributed by atoms with van der Waals surface area (Å²) in [5.41, 5.74) is 6.77. The van der Waals surface area contributed by atoms with Crippen molar-refractivity contribution < 1.29 is 14.7 Å². The zero-order valence-electron chi connectivity index (χ0n) is 12.3. The average Bonchev–Trinajstić information content (AvgIpc) is 2.43. The zero-order chi connectivity index (χ0) is 16.5. The Morgan fingerprint density at radius 3 is 2.55 bits per heavy atom. The molecule has 1 aromatic carbocycles. The summed E-state index contributed by atoms with van der Waals surface area (Å²) in [7, 11) is 0. The number of carboxylic acid groups (broad SMARTS) is 1.